The van der Waals surface area contributed by atoms with Gasteiger partial charge in [0.2, 0.25) is 0 Å². The topological polar surface area (TPSA) is 66.8 Å². The lowest BCUT2D eigenvalue weighted by atomic mass is 10.1. The summed E-state index contributed by atoms with van der Waals surface area (Å²) in [5.41, 5.74) is 1.65. The number of aliphatic carboxylic acids is 1. The van der Waals surface area contributed by atoms with Gasteiger partial charge in [-0.15, -0.1) is 0 Å². The lowest BCUT2D eigenvalue weighted by Crippen LogP contribution is -2.39. The molecule has 0 spiro atoms. The summed E-state index contributed by atoms with van der Waals surface area (Å²) >= 11 is 0. The molecule has 5 nitrogen and oxygen atoms in total. The Bertz CT molecular complexity index is 455. The van der Waals surface area contributed by atoms with E-state index in [1.165, 1.54) is 4.90 Å². The standard InChI is InChI=1S/C11H11NO4/c1-7-2-3-9-8(4-7)12(5-10(13)14)6-11(15)16-9/h2-4H,5-6H2,1H3,(H,13,14). The Balaban J connectivity index is 2.39. The number of aryl methyl sites for hydroxylation is 1. The number of ether oxygens (including phenoxy) is 1. The van der Waals surface area contributed by atoms with Crippen molar-refractivity contribution in [2.75, 3.05) is 18.0 Å². The molecule has 84 valence electrons. The maximum atomic E-state index is 11.2. The number of hydrogen-bond acceptors (Lipinski definition) is 4. The molecule has 0 amide bonds. The highest BCUT2D eigenvalue weighted by atomic mass is 16.5. The zero-order valence-electron chi connectivity index (χ0n) is 8.77. The predicted octanol–water partition coefficient (Wildman–Crippen LogP) is 0.805. The van der Waals surface area contributed by atoms with Crippen molar-refractivity contribution in [1.29, 1.82) is 0 Å². The molecule has 1 N–H and O–H groups in total. The molecule has 0 atom stereocenters. The minimum absolute atomic E-state index is 0.0250. The zero-order valence-corrected chi connectivity index (χ0v) is 8.77. The van der Waals surface area contributed by atoms with Crippen molar-refractivity contribution < 1.29 is 19.4 Å². The van der Waals surface area contributed by atoms with Gasteiger partial charge in [-0.05, 0) is 24.6 Å². The average molecular weight is 221 g/mol. The Morgan fingerprint density at radius 3 is 3.00 bits per heavy atom. The first-order valence-corrected chi connectivity index (χ1v) is 4.84. The van der Waals surface area contributed by atoms with Crippen molar-refractivity contribution in [3.05, 3.63) is 23.8 Å². The number of benzene rings is 1. The van der Waals surface area contributed by atoms with Gasteiger partial charge in [0, 0.05) is 0 Å². The van der Waals surface area contributed by atoms with E-state index in [1.807, 2.05) is 19.1 Å². The molecule has 2 rings (SSSR count). The van der Waals surface area contributed by atoms with E-state index in [0.717, 1.165) is 5.56 Å². The lowest BCUT2D eigenvalue weighted by molar-refractivity contribution is -0.136. The largest absolute Gasteiger partial charge is 0.480 e. The molecule has 0 fully saturated rings. The summed E-state index contributed by atoms with van der Waals surface area (Å²) < 4.78 is 5.03. The van der Waals surface area contributed by atoms with E-state index in [9.17, 15) is 9.59 Å². The Labute approximate surface area is 92.2 Å². The maximum absolute atomic E-state index is 11.2. The Kier molecular flexibility index (Phi) is 2.52. The number of carbonyl (C=O) groups is 2. The van der Waals surface area contributed by atoms with Crippen molar-refractivity contribution in [1.82, 2.24) is 0 Å². The highest BCUT2D eigenvalue weighted by Crippen LogP contribution is 2.32. The van der Waals surface area contributed by atoms with Gasteiger partial charge in [0.15, 0.2) is 5.75 Å². The maximum Gasteiger partial charge on any atom is 0.331 e. The number of hydrogen-bond donors (Lipinski definition) is 1. The molecule has 1 aliphatic heterocycles. The molecule has 1 heterocycles. The second-order valence-corrected chi connectivity index (χ2v) is 3.70. The summed E-state index contributed by atoms with van der Waals surface area (Å²) in [6.07, 6.45) is 0. The first-order chi connectivity index (χ1) is 7.56. The predicted molar refractivity (Wildman–Crippen MR) is 56.7 cm³/mol. The second kappa shape index (κ2) is 3.84. The van der Waals surface area contributed by atoms with Crippen LogP contribution in [0.3, 0.4) is 0 Å². The number of anilines is 1. The van der Waals surface area contributed by atoms with Crippen LogP contribution in [0.4, 0.5) is 5.69 Å². The molecule has 0 radical (unpaired) electrons. The number of rotatable bonds is 2. The summed E-state index contributed by atoms with van der Waals surface area (Å²) in [5, 5.41) is 8.75. The van der Waals surface area contributed by atoms with Crippen LogP contribution in [0.5, 0.6) is 5.75 Å². The van der Waals surface area contributed by atoms with Crippen LogP contribution in [0.1, 0.15) is 5.56 Å². The number of esters is 1. The molecular weight excluding hydrogens is 210 g/mol. The van der Waals surface area contributed by atoms with Crippen LogP contribution in [0.15, 0.2) is 18.2 Å². The Hall–Kier alpha value is -2.04. The van der Waals surface area contributed by atoms with Crippen molar-refractivity contribution in [3.8, 4) is 5.75 Å². The van der Waals surface area contributed by atoms with Gasteiger partial charge in [0.1, 0.15) is 13.1 Å². The van der Waals surface area contributed by atoms with Crippen LogP contribution in [0, 0.1) is 6.92 Å². The number of nitrogens with zero attached hydrogens (tertiary/aromatic N) is 1. The molecular formula is C11H11NO4. The summed E-state index contributed by atoms with van der Waals surface area (Å²) in [6.45, 7) is 1.67. The normalized spacial score (nSPS) is 14.3. The van der Waals surface area contributed by atoms with E-state index in [-0.39, 0.29) is 13.1 Å². The van der Waals surface area contributed by atoms with Crippen LogP contribution in [0.25, 0.3) is 0 Å². The molecule has 0 aromatic heterocycles. The summed E-state index contributed by atoms with van der Waals surface area (Å²) in [7, 11) is 0. The number of carbonyl (C=O) groups excluding carboxylic acids is 1. The van der Waals surface area contributed by atoms with Crippen LogP contribution in [0.2, 0.25) is 0 Å². The van der Waals surface area contributed by atoms with Gasteiger partial charge in [0.05, 0.1) is 5.69 Å². The fraction of sp³-hybridized carbons (Fsp3) is 0.273. The minimum Gasteiger partial charge on any atom is -0.480 e. The molecule has 0 aliphatic carbocycles. The van der Waals surface area contributed by atoms with Crippen molar-refractivity contribution >= 4 is 17.6 Å². The van der Waals surface area contributed by atoms with E-state index in [0.29, 0.717) is 11.4 Å². The van der Waals surface area contributed by atoms with Crippen molar-refractivity contribution in [3.63, 3.8) is 0 Å². The van der Waals surface area contributed by atoms with Gasteiger partial charge in [-0.2, -0.15) is 0 Å². The number of carboxylic acid groups (broad SMARTS) is 1. The number of carboxylic acids is 1. The highest BCUT2D eigenvalue weighted by Gasteiger charge is 2.25. The molecule has 0 bridgehead atoms. The minimum atomic E-state index is -0.970. The molecule has 0 unspecified atom stereocenters. The molecule has 5 heteroatoms. The van der Waals surface area contributed by atoms with Gasteiger partial charge < -0.3 is 14.7 Å². The molecule has 16 heavy (non-hydrogen) atoms. The molecule has 0 saturated heterocycles. The molecule has 1 aromatic carbocycles. The summed E-state index contributed by atoms with van der Waals surface area (Å²) in [6, 6.07) is 5.30. The van der Waals surface area contributed by atoms with Crippen LogP contribution < -0.4 is 9.64 Å². The fourth-order valence-electron chi connectivity index (χ4n) is 1.66. The third kappa shape index (κ3) is 1.98. The summed E-state index contributed by atoms with van der Waals surface area (Å²) in [4.78, 5) is 23.4. The van der Waals surface area contributed by atoms with E-state index < -0.39 is 11.9 Å². The van der Waals surface area contributed by atoms with Gasteiger partial charge >= 0.3 is 11.9 Å². The van der Waals surface area contributed by atoms with Gasteiger partial charge in [-0.3, -0.25) is 4.79 Å². The second-order valence-electron chi connectivity index (χ2n) is 3.70. The van der Waals surface area contributed by atoms with E-state index >= 15 is 0 Å². The summed E-state index contributed by atoms with van der Waals surface area (Å²) in [5.74, 6) is -0.983. The molecule has 0 saturated carbocycles. The SMILES string of the molecule is Cc1ccc2c(c1)N(CC(=O)O)CC(=O)O2. The third-order valence-corrected chi connectivity index (χ3v) is 2.33. The van der Waals surface area contributed by atoms with Crippen LogP contribution in [-0.2, 0) is 9.59 Å². The monoisotopic (exact) mass is 221 g/mol. The Morgan fingerprint density at radius 2 is 2.31 bits per heavy atom. The quantitative estimate of drug-likeness (QED) is 0.591. The zero-order chi connectivity index (χ0) is 11.7. The fourth-order valence-corrected chi connectivity index (χ4v) is 1.66. The van der Waals surface area contributed by atoms with E-state index in [2.05, 4.69) is 0 Å². The third-order valence-electron chi connectivity index (χ3n) is 2.33. The average Bonchev–Trinajstić information content (AvgIpc) is 2.18. The first-order valence-electron chi connectivity index (χ1n) is 4.84. The Morgan fingerprint density at radius 1 is 1.56 bits per heavy atom. The highest BCUT2D eigenvalue weighted by molar-refractivity contribution is 5.87. The van der Waals surface area contributed by atoms with E-state index in [1.54, 1.807) is 6.07 Å². The smallest absolute Gasteiger partial charge is 0.331 e. The van der Waals surface area contributed by atoms with Crippen molar-refractivity contribution in [2.24, 2.45) is 0 Å². The van der Waals surface area contributed by atoms with Crippen LogP contribution >= 0.6 is 0 Å². The lowest BCUT2D eigenvalue weighted by Gasteiger charge is -2.28. The van der Waals surface area contributed by atoms with Gasteiger partial charge in [-0.1, -0.05) is 6.07 Å². The van der Waals surface area contributed by atoms with Gasteiger partial charge in [-0.25, -0.2) is 4.79 Å². The molecule has 1 aliphatic rings. The first kappa shape index (κ1) is 10.5. The van der Waals surface area contributed by atoms with Crippen molar-refractivity contribution in [2.45, 2.75) is 6.92 Å². The number of fused-ring (bicyclic) bond motifs is 1. The van der Waals surface area contributed by atoms with Crippen LogP contribution in [-0.4, -0.2) is 30.1 Å². The van der Waals surface area contributed by atoms with Gasteiger partial charge in [0.25, 0.3) is 0 Å². The molecule has 1 aromatic rings. The van der Waals surface area contributed by atoms with E-state index in [4.69, 9.17) is 9.84 Å².